The van der Waals surface area contributed by atoms with Crippen molar-refractivity contribution in [3.05, 3.63) is 29.3 Å². The van der Waals surface area contributed by atoms with Crippen molar-refractivity contribution in [3.63, 3.8) is 0 Å². The number of nitriles is 2. The molecular formula is C16H20N4. The van der Waals surface area contributed by atoms with Crippen LogP contribution in [0.15, 0.2) is 18.2 Å². The summed E-state index contributed by atoms with van der Waals surface area (Å²) in [6, 6.07) is 10.0. The third-order valence-electron chi connectivity index (χ3n) is 3.95. The van der Waals surface area contributed by atoms with Crippen molar-refractivity contribution in [2.24, 2.45) is 0 Å². The summed E-state index contributed by atoms with van der Waals surface area (Å²) in [5.74, 6) is 0. The van der Waals surface area contributed by atoms with Crippen LogP contribution in [0.3, 0.4) is 0 Å². The summed E-state index contributed by atoms with van der Waals surface area (Å²) in [5, 5.41) is 21.7. The lowest BCUT2D eigenvalue weighted by Gasteiger charge is -2.27. The van der Waals surface area contributed by atoms with Crippen molar-refractivity contribution < 1.29 is 0 Å². The molecule has 4 nitrogen and oxygen atoms in total. The maximum Gasteiger partial charge on any atom is 0.101 e. The Morgan fingerprint density at radius 1 is 1.20 bits per heavy atom. The maximum atomic E-state index is 9.16. The molecule has 0 aliphatic carbocycles. The van der Waals surface area contributed by atoms with Gasteiger partial charge in [-0.2, -0.15) is 10.5 Å². The number of hydrogen-bond acceptors (Lipinski definition) is 4. The van der Waals surface area contributed by atoms with Gasteiger partial charge in [-0.25, -0.2) is 0 Å². The number of rotatable bonds is 5. The second-order valence-corrected chi connectivity index (χ2v) is 5.14. The van der Waals surface area contributed by atoms with Gasteiger partial charge in [0, 0.05) is 12.6 Å². The summed E-state index contributed by atoms with van der Waals surface area (Å²) in [5.41, 5.74) is 1.76. The average molecular weight is 268 g/mol. The van der Waals surface area contributed by atoms with Crippen LogP contribution in [0.5, 0.6) is 0 Å². The Kier molecular flexibility index (Phi) is 4.98. The second kappa shape index (κ2) is 6.93. The summed E-state index contributed by atoms with van der Waals surface area (Å²) < 4.78 is 0. The van der Waals surface area contributed by atoms with Crippen molar-refractivity contribution in [2.45, 2.75) is 32.2 Å². The molecular weight excluding hydrogens is 248 g/mol. The Bertz CT molecular complexity index is 500. The zero-order valence-electron chi connectivity index (χ0n) is 11.9. The van der Waals surface area contributed by atoms with Gasteiger partial charge in [0.15, 0.2) is 0 Å². The lowest BCUT2D eigenvalue weighted by atomic mass is 10.1. The number of nitrogens with zero attached hydrogens (tertiary/aromatic N) is 3. The van der Waals surface area contributed by atoms with Gasteiger partial charge in [0.2, 0.25) is 0 Å². The number of para-hydroxylation sites is 1. The lowest BCUT2D eigenvalue weighted by Crippen LogP contribution is -2.37. The molecule has 0 aromatic heterocycles. The summed E-state index contributed by atoms with van der Waals surface area (Å²) >= 11 is 0. The highest BCUT2D eigenvalue weighted by Crippen LogP contribution is 2.21. The Balaban J connectivity index is 2.10. The molecule has 1 heterocycles. The van der Waals surface area contributed by atoms with Gasteiger partial charge in [-0.1, -0.05) is 13.0 Å². The summed E-state index contributed by atoms with van der Waals surface area (Å²) in [6.45, 7) is 5.28. The monoisotopic (exact) mass is 268 g/mol. The van der Waals surface area contributed by atoms with E-state index in [2.05, 4.69) is 29.3 Å². The van der Waals surface area contributed by atoms with Crippen LogP contribution in [-0.2, 0) is 0 Å². The molecule has 1 unspecified atom stereocenters. The molecule has 1 aromatic carbocycles. The quantitative estimate of drug-likeness (QED) is 0.892. The van der Waals surface area contributed by atoms with E-state index < -0.39 is 0 Å². The first kappa shape index (κ1) is 14.4. The fourth-order valence-electron chi connectivity index (χ4n) is 2.79. The Morgan fingerprint density at radius 2 is 1.80 bits per heavy atom. The number of benzene rings is 1. The molecule has 20 heavy (non-hydrogen) atoms. The predicted molar refractivity (Wildman–Crippen MR) is 79.2 cm³/mol. The van der Waals surface area contributed by atoms with E-state index >= 15 is 0 Å². The number of hydrogen-bond donors (Lipinski definition) is 1. The topological polar surface area (TPSA) is 62.9 Å². The van der Waals surface area contributed by atoms with Crippen molar-refractivity contribution in [1.29, 1.82) is 10.5 Å². The van der Waals surface area contributed by atoms with Crippen LogP contribution >= 0.6 is 0 Å². The zero-order valence-corrected chi connectivity index (χ0v) is 11.9. The van der Waals surface area contributed by atoms with Crippen LogP contribution in [0.4, 0.5) is 5.69 Å². The van der Waals surface area contributed by atoms with Crippen LogP contribution in [0, 0.1) is 22.7 Å². The van der Waals surface area contributed by atoms with E-state index in [1.807, 2.05) is 0 Å². The van der Waals surface area contributed by atoms with E-state index in [0.29, 0.717) is 22.9 Å². The highest BCUT2D eigenvalue weighted by molar-refractivity contribution is 5.66. The van der Waals surface area contributed by atoms with Gasteiger partial charge in [0.05, 0.1) is 16.8 Å². The van der Waals surface area contributed by atoms with E-state index in [-0.39, 0.29) is 0 Å². The normalized spacial score (nSPS) is 16.4. The largest absolute Gasteiger partial charge is 0.381 e. The molecule has 1 fully saturated rings. The van der Waals surface area contributed by atoms with Gasteiger partial charge in [-0.05, 0) is 44.5 Å². The molecule has 0 amide bonds. The minimum absolute atomic E-state index is 0.468. The first-order chi connectivity index (χ1) is 9.80. The van der Waals surface area contributed by atoms with Gasteiger partial charge < -0.3 is 5.32 Å². The molecule has 104 valence electrons. The van der Waals surface area contributed by atoms with E-state index in [9.17, 15) is 0 Å². The molecule has 0 bridgehead atoms. The molecule has 1 saturated heterocycles. The highest BCUT2D eigenvalue weighted by Gasteiger charge is 2.20. The van der Waals surface area contributed by atoms with Crippen molar-refractivity contribution in [3.8, 4) is 12.1 Å². The second-order valence-electron chi connectivity index (χ2n) is 5.14. The van der Waals surface area contributed by atoms with Crippen LogP contribution in [0.2, 0.25) is 0 Å². The van der Waals surface area contributed by atoms with Crippen molar-refractivity contribution in [1.82, 2.24) is 4.90 Å². The minimum atomic E-state index is 0.468. The van der Waals surface area contributed by atoms with E-state index in [4.69, 9.17) is 10.5 Å². The molecule has 0 spiro atoms. The smallest absolute Gasteiger partial charge is 0.101 e. The summed E-state index contributed by atoms with van der Waals surface area (Å²) in [4.78, 5) is 2.49. The Hall–Kier alpha value is -2.04. The van der Waals surface area contributed by atoms with E-state index in [1.54, 1.807) is 18.2 Å². The average Bonchev–Trinajstić information content (AvgIpc) is 3.02. The molecule has 1 aliphatic rings. The van der Waals surface area contributed by atoms with Crippen molar-refractivity contribution >= 4 is 5.69 Å². The molecule has 1 N–H and O–H groups in total. The summed E-state index contributed by atoms with van der Waals surface area (Å²) in [6.07, 6.45) is 3.62. The SMILES string of the molecule is CCC(CNc1c(C#N)cccc1C#N)N1CCCC1. The number of likely N-dealkylation sites (tertiary alicyclic amines) is 1. The van der Waals surface area contributed by atoms with Gasteiger partial charge in [0.1, 0.15) is 12.1 Å². The molecule has 0 radical (unpaired) electrons. The standard InChI is InChI=1S/C16H20N4/c1-2-15(20-8-3-4-9-20)12-19-16-13(10-17)6-5-7-14(16)11-18/h5-7,15,19H,2-4,8-9,12H2,1H3. The Labute approximate surface area is 120 Å². The van der Waals surface area contributed by atoms with Gasteiger partial charge >= 0.3 is 0 Å². The van der Waals surface area contributed by atoms with E-state index in [0.717, 1.165) is 26.1 Å². The highest BCUT2D eigenvalue weighted by atomic mass is 15.2. The lowest BCUT2D eigenvalue weighted by molar-refractivity contribution is 0.246. The third kappa shape index (κ3) is 3.10. The minimum Gasteiger partial charge on any atom is -0.381 e. The Morgan fingerprint density at radius 3 is 2.30 bits per heavy atom. The predicted octanol–water partition coefficient (Wildman–Crippen LogP) is 2.72. The van der Waals surface area contributed by atoms with Crippen LogP contribution in [-0.4, -0.2) is 30.6 Å². The van der Waals surface area contributed by atoms with Gasteiger partial charge in [-0.15, -0.1) is 0 Å². The fraction of sp³-hybridized carbons (Fsp3) is 0.500. The molecule has 1 aromatic rings. The van der Waals surface area contributed by atoms with Gasteiger partial charge in [-0.3, -0.25) is 4.90 Å². The number of anilines is 1. The van der Waals surface area contributed by atoms with Crippen molar-refractivity contribution in [2.75, 3.05) is 25.0 Å². The van der Waals surface area contributed by atoms with Gasteiger partial charge in [0.25, 0.3) is 0 Å². The fourth-order valence-corrected chi connectivity index (χ4v) is 2.79. The molecule has 2 rings (SSSR count). The van der Waals surface area contributed by atoms with Crippen LogP contribution < -0.4 is 5.32 Å². The van der Waals surface area contributed by atoms with E-state index in [1.165, 1.54) is 12.8 Å². The number of nitrogens with one attached hydrogen (secondary N) is 1. The first-order valence-electron chi connectivity index (χ1n) is 7.21. The third-order valence-corrected chi connectivity index (χ3v) is 3.95. The summed E-state index contributed by atoms with van der Waals surface area (Å²) in [7, 11) is 0. The molecule has 4 heteroatoms. The molecule has 1 aliphatic heterocycles. The zero-order chi connectivity index (χ0) is 14.4. The molecule has 1 atom stereocenters. The molecule has 0 saturated carbocycles. The first-order valence-corrected chi connectivity index (χ1v) is 7.21. The maximum absolute atomic E-state index is 9.16. The van der Waals surface area contributed by atoms with Crippen LogP contribution in [0.25, 0.3) is 0 Å². The van der Waals surface area contributed by atoms with Crippen LogP contribution in [0.1, 0.15) is 37.3 Å².